The fourth-order valence-electron chi connectivity index (χ4n) is 7.77. The summed E-state index contributed by atoms with van der Waals surface area (Å²) < 4.78 is 0. The number of aromatic nitrogens is 2. The number of nitrogens with zero attached hydrogens (tertiary/aromatic N) is 3. The van der Waals surface area contributed by atoms with Crippen LogP contribution in [0.1, 0.15) is 0 Å². The second-order valence-corrected chi connectivity index (χ2v) is 13.8. The predicted octanol–water partition coefficient (Wildman–Crippen LogP) is 13.9. The van der Waals surface area contributed by atoms with Crippen LogP contribution < -0.4 is 4.90 Å². The molecule has 2 heterocycles. The first-order valence-corrected chi connectivity index (χ1v) is 18.7. The van der Waals surface area contributed by atoms with E-state index in [9.17, 15) is 0 Å². The van der Waals surface area contributed by atoms with Gasteiger partial charge in [0.25, 0.3) is 0 Å². The first-order valence-electron chi connectivity index (χ1n) is 18.7. The van der Waals surface area contributed by atoms with E-state index >= 15 is 0 Å². The lowest BCUT2D eigenvalue weighted by Gasteiger charge is -2.27. The van der Waals surface area contributed by atoms with Crippen LogP contribution in [0.25, 0.3) is 78.4 Å². The minimum atomic E-state index is 0.701. The number of para-hydroxylation sites is 2. The lowest BCUT2D eigenvalue weighted by Crippen LogP contribution is -2.10. The molecule has 258 valence electrons. The zero-order chi connectivity index (χ0) is 36.6. The van der Waals surface area contributed by atoms with E-state index in [1.165, 1.54) is 27.9 Å². The normalized spacial score (nSPS) is 11.6. The fraction of sp³-hybridized carbons (Fsp3) is 0. The van der Waals surface area contributed by atoms with Gasteiger partial charge in [0, 0.05) is 33.5 Å². The Morgan fingerprint density at radius 2 is 0.709 bits per heavy atom. The highest BCUT2D eigenvalue weighted by Crippen LogP contribution is 2.51. The molecule has 8 aromatic carbocycles. The summed E-state index contributed by atoms with van der Waals surface area (Å²) in [5.41, 5.74) is 17.8. The maximum absolute atomic E-state index is 5.09. The van der Waals surface area contributed by atoms with Crippen molar-refractivity contribution in [1.29, 1.82) is 0 Å². The molecule has 0 radical (unpaired) electrons. The highest BCUT2D eigenvalue weighted by molar-refractivity contribution is 6.03. The van der Waals surface area contributed by atoms with Crippen molar-refractivity contribution in [3.63, 3.8) is 0 Å². The molecule has 0 saturated heterocycles. The Morgan fingerprint density at radius 3 is 1.33 bits per heavy atom. The van der Waals surface area contributed by atoms with Gasteiger partial charge < -0.3 is 4.90 Å². The van der Waals surface area contributed by atoms with E-state index in [1.807, 2.05) is 36.4 Å². The van der Waals surface area contributed by atoms with Gasteiger partial charge in [0.15, 0.2) is 5.82 Å². The van der Waals surface area contributed by atoms with Crippen LogP contribution in [-0.2, 0) is 0 Å². The summed E-state index contributed by atoms with van der Waals surface area (Å²) in [6, 6.07) is 75.3. The van der Waals surface area contributed by atoms with Crippen LogP contribution in [-0.4, -0.2) is 9.97 Å². The largest absolute Gasteiger partial charge is 0.309 e. The quantitative estimate of drug-likeness (QED) is 0.173. The van der Waals surface area contributed by atoms with Gasteiger partial charge in [0.1, 0.15) is 0 Å². The van der Waals surface area contributed by atoms with Crippen molar-refractivity contribution in [3.8, 4) is 78.4 Å². The summed E-state index contributed by atoms with van der Waals surface area (Å²) in [7, 11) is 0. The zero-order valence-electron chi connectivity index (χ0n) is 30.0. The van der Waals surface area contributed by atoms with Crippen LogP contribution in [0.4, 0.5) is 17.1 Å². The van der Waals surface area contributed by atoms with Crippen LogP contribution in [0.2, 0.25) is 0 Å². The summed E-state index contributed by atoms with van der Waals surface area (Å²) >= 11 is 0. The molecule has 0 N–H and O–H groups in total. The third-order valence-corrected chi connectivity index (χ3v) is 10.4. The molecule has 0 amide bonds. The Bertz CT molecular complexity index is 2750. The number of rotatable bonds is 6. The molecule has 10 rings (SSSR count). The van der Waals surface area contributed by atoms with Crippen molar-refractivity contribution in [2.75, 3.05) is 4.90 Å². The maximum Gasteiger partial charge on any atom is 0.160 e. The molecule has 9 aromatic rings. The van der Waals surface area contributed by atoms with Crippen molar-refractivity contribution in [3.05, 3.63) is 212 Å². The first-order chi connectivity index (χ1) is 27.3. The summed E-state index contributed by atoms with van der Waals surface area (Å²) in [5, 5.41) is 0. The molecule has 0 saturated carbocycles. The first kappa shape index (κ1) is 32.3. The molecular weight excluding hydrogens is 667 g/mol. The van der Waals surface area contributed by atoms with Gasteiger partial charge in [-0.05, 0) is 81.9 Å². The lowest BCUT2D eigenvalue weighted by atomic mass is 9.92. The average Bonchev–Trinajstić information content (AvgIpc) is 3.40. The summed E-state index contributed by atoms with van der Waals surface area (Å²) in [4.78, 5) is 12.6. The summed E-state index contributed by atoms with van der Waals surface area (Å²) in [6.45, 7) is 0. The molecule has 1 aliphatic heterocycles. The number of fused-ring (bicyclic) bond motifs is 5. The zero-order valence-corrected chi connectivity index (χ0v) is 30.0. The van der Waals surface area contributed by atoms with Crippen molar-refractivity contribution in [1.82, 2.24) is 9.97 Å². The molecule has 1 aromatic heterocycles. The van der Waals surface area contributed by atoms with E-state index < -0.39 is 0 Å². The minimum Gasteiger partial charge on any atom is -0.309 e. The van der Waals surface area contributed by atoms with Crippen molar-refractivity contribution in [2.45, 2.75) is 0 Å². The smallest absolute Gasteiger partial charge is 0.160 e. The van der Waals surface area contributed by atoms with Gasteiger partial charge in [0.05, 0.1) is 22.8 Å². The molecule has 0 bridgehead atoms. The number of anilines is 3. The van der Waals surface area contributed by atoms with Gasteiger partial charge in [-0.15, -0.1) is 0 Å². The molecule has 0 atom stereocenters. The molecule has 0 aliphatic carbocycles. The summed E-state index contributed by atoms with van der Waals surface area (Å²) in [5.74, 6) is 0.701. The van der Waals surface area contributed by atoms with Crippen molar-refractivity contribution >= 4 is 17.1 Å². The van der Waals surface area contributed by atoms with Crippen LogP contribution in [0.5, 0.6) is 0 Å². The molecule has 0 fully saturated rings. The number of benzene rings is 8. The molecule has 3 nitrogen and oxygen atoms in total. The SMILES string of the molecule is c1ccc(-c2cc(-c3ccccc3)nc(-c3cccc(-c4cccc(-c5ccc6c(c5)-c5ccccc5-c5ccccc5N6c5ccccc5)c4)c3)n2)cc1. The maximum atomic E-state index is 5.09. The second kappa shape index (κ2) is 13.9. The summed E-state index contributed by atoms with van der Waals surface area (Å²) in [6.07, 6.45) is 0. The lowest BCUT2D eigenvalue weighted by molar-refractivity contribution is 1.18. The molecule has 3 heteroatoms. The van der Waals surface area contributed by atoms with Crippen molar-refractivity contribution in [2.24, 2.45) is 0 Å². The highest BCUT2D eigenvalue weighted by atomic mass is 15.1. The van der Waals surface area contributed by atoms with Crippen LogP contribution in [0, 0.1) is 0 Å². The molecule has 0 spiro atoms. The number of hydrogen-bond acceptors (Lipinski definition) is 3. The van der Waals surface area contributed by atoms with Crippen LogP contribution >= 0.6 is 0 Å². The van der Waals surface area contributed by atoms with Gasteiger partial charge >= 0.3 is 0 Å². The molecule has 1 aliphatic rings. The van der Waals surface area contributed by atoms with E-state index in [-0.39, 0.29) is 0 Å². The average molecular weight is 702 g/mol. The molecular formula is C52H35N3. The van der Waals surface area contributed by atoms with Gasteiger partial charge in [-0.2, -0.15) is 0 Å². The number of hydrogen-bond donors (Lipinski definition) is 0. The second-order valence-electron chi connectivity index (χ2n) is 13.8. The third-order valence-electron chi connectivity index (χ3n) is 10.4. The Balaban J connectivity index is 1.07. The van der Waals surface area contributed by atoms with E-state index in [4.69, 9.17) is 9.97 Å². The van der Waals surface area contributed by atoms with E-state index in [0.29, 0.717) is 5.82 Å². The van der Waals surface area contributed by atoms with Gasteiger partial charge in [-0.3, -0.25) is 0 Å². The topological polar surface area (TPSA) is 29.0 Å². The van der Waals surface area contributed by atoms with E-state index in [0.717, 1.165) is 61.7 Å². The van der Waals surface area contributed by atoms with E-state index in [1.54, 1.807) is 0 Å². The Morgan fingerprint density at radius 1 is 0.273 bits per heavy atom. The predicted molar refractivity (Wildman–Crippen MR) is 228 cm³/mol. The Labute approximate surface area is 321 Å². The third kappa shape index (κ3) is 6.08. The highest BCUT2D eigenvalue weighted by Gasteiger charge is 2.26. The van der Waals surface area contributed by atoms with Gasteiger partial charge in [0.2, 0.25) is 0 Å². The minimum absolute atomic E-state index is 0.701. The fourth-order valence-corrected chi connectivity index (χ4v) is 7.77. The molecule has 55 heavy (non-hydrogen) atoms. The standard InChI is InChI=1S/C52H35N3/c1-4-16-36(17-5-1)48-35-49(37-18-6-2-7-19-37)54-52(53-48)42-23-15-22-40(33-42)38-20-14-21-39(32-38)41-30-31-51-47(34-41)45-27-11-10-26-44(45)46-28-12-13-29-50(46)55(51)43-24-8-3-9-25-43/h1-35H. The van der Waals surface area contributed by atoms with Gasteiger partial charge in [-0.1, -0.05) is 164 Å². The van der Waals surface area contributed by atoms with Crippen molar-refractivity contribution < 1.29 is 0 Å². The molecule has 0 unspecified atom stereocenters. The van der Waals surface area contributed by atoms with Crippen LogP contribution in [0.3, 0.4) is 0 Å². The van der Waals surface area contributed by atoms with Crippen LogP contribution in [0.15, 0.2) is 212 Å². The monoisotopic (exact) mass is 701 g/mol. The Hall–Kier alpha value is -7.36. The van der Waals surface area contributed by atoms with E-state index in [2.05, 4.69) is 181 Å². The van der Waals surface area contributed by atoms with Gasteiger partial charge in [-0.25, -0.2) is 9.97 Å². The Kier molecular flexibility index (Phi) is 8.16.